The Morgan fingerprint density at radius 3 is 2.52 bits per heavy atom. The van der Waals surface area contributed by atoms with E-state index in [0.717, 1.165) is 36.2 Å². The van der Waals surface area contributed by atoms with E-state index in [1.165, 1.54) is 11.3 Å². The molecule has 0 radical (unpaired) electrons. The normalized spacial score (nSPS) is 16.1. The van der Waals surface area contributed by atoms with Gasteiger partial charge >= 0.3 is 5.97 Å². The Morgan fingerprint density at radius 2 is 1.90 bits per heavy atom. The van der Waals surface area contributed by atoms with Crippen LogP contribution in [0.25, 0.3) is 5.76 Å². The highest BCUT2D eigenvalue weighted by atomic mass is 16.6. The van der Waals surface area contributed by atoms with Gasteiger partial charge in [-0.25, -0.2) is 4.79 Å². The van der Waals surface area contributed by atoms with Gasteiger partial charge in [0.2, 0.25) is 0 Å². The maximum absolute atomic E-state index is 11.9. The minimum absolute atomic E-state index is 0.290. The van der Waals surface area contributed by atoms with Crippen LogP contribution in [-0.2, 0) is 29.5 Å². The van der Waals surface area contributed by atoms with Gasteiger partial charge in [-0.15, -0.1) is 0 Å². The molecular weight excluding hydrogens is 390 g/mol. The largest absolute Gasteiger partial charge is 0.462 e. The number of hydrogen-bond acceptors (Lipinski definition) is 5. The second-order valence-corrected chi connectivity index (χ2v) is 8.67. The Labute approximate surface area is 184 Å². The van der Waals surface area contributed by atoms with E-state index in [1.807, 2.05) is 43.8 Å². The minimum Gasteiger partial charge on any atom is -0.462 e. The van der Waals surface area contributed by atoms with Crippen molar-refractivity contribution < 1.29 is 14.4 Å². The van der Waals surface area contributed by atoms with Crippen LogP contribution in [0.1, 0.15) is 80.3 Å². The monoisotopic (exact) mass is 423 g/mol. The van der Waals surface area contributed by atoms with E-state index in [1.54, 1.807) is 19.1 Å². The number of hydrogen-bond donors (Lipinski definition) is 0. The number of ether oxygens (including phenoxy) is 1. The number of aromatic nitrogens is 2. The average Bonchev–Trinajstić information content (AvgIpc) is 3.06. The van der Waals surface area contributed by atoms with Gasteiger partial charge in [0, 0.05) is 18.3 Å². The van der Waals surface area contributed by atoms with E-state index in [9.17, 15) is 4.79 Å². The summed E-state index contributed by atoms with van der Waals surface area (Å²) in [4.78, 5) is 17.8. The fraction of sp³-hybridized carbons (Fsp3) is 0.480. The van der Waals surface area contributed by atoms with Crippen LogP contribution in [0.15, 0.2) is 35.5 Å². The summed E-state index contributed by atoms with van der Waals surface area (Å²) in [5.41, 5.74) is 5.96. The van der Waals surface area contributed by atoms with E-state index in [0.29, 0.717) is 24.4 Å². The molecule has 0 N–H and O–H groups in total. The molecule has 6 heteroatoms. The number of carbonyl (C=O) groups is 1. The van der Waals surface area contributed by atoms with Crippen LogP contribution in [0.2, 0.25) is 0 Å². The Hall–Kier alpha value is -2.89. The van der Waals surface area contributed by atoms with Gasteiger partial charge < -0.3 is 9.57 Å². The fourth-order valence-electron chi connectivity index (χ4n) is 3.96. The highest BCUT2D eigenvalue weighted by Gasteiger charge is 2.31. The molecule has 31 heavy (non-hydrogen) atoms. The highest BCUT2D eigenvalue weighted by molar-refractivity contribution is 6.01. The molecule has 0 fully saturated rings. The van der Waals surface area contributed by atoms with Crippen molar-refractivity contribution in [3.8, 4) is 0 Å². The number of oxime groups is 1. The first-order valence-electron chi connectivity index (χ1n) is 11.0. The van der Waals surface area contributed by atoms with Gasteiger partial charge in [0.1, 0.15) is 5.69 Å². The Bertz CT molecular complexity index is 998. The smallest absolute Gasteiger partial charge is 0.338 e. The van der Waals surface area contributed by atoms with Gasteiger partial charge in [-0.05, 0) is 68.7 Å². The van der Waals surface area contributed by atoms with Gasteiger partial charge in [-0.1, -0.05) is 38.1 Å². The van der Waals surface area contributed by atoms with Crippen molar-refractivity contribution in [1.82, 2.24) is 9.78 Å². The summed E-state index contributed by atoms with van der Waals surface area (Å²) in [6.07, 6.45) is 5.75. The summed E-state index contributed by atoms with van der Waals surface area (Å²) in [5.74, 6) is 0.352. The molecule has 3 rings (SSSR count). The van der Waals surface area contributed by atoms with Crippen molar-refractivity contribution >= 4 is 17.4 Å². The molecule has 1 aliphatic rings. The molecular formula is C25H33N3O3. The Balaban J connectivity index is 1.81. The van der Waals surface area contributed by atoms with Crippen LogP contribution < -0.4 is 0 Å². The maximum atomic E-state index is 11.9. The molecule has 0 bridgehead atoms. The molecule has 166 valence electrons. The topological polar surface area (TPSA) is 65.7 Å². The summed E-state index contributed by atoms with van der Waals surface area (Å²) in [6, 6.07) is 7.26. The SMILES string of the molecule is CC=C(ON=C(CC)c1ccc(C(=O)OCC)cc1)c1nn(C)c2c1CCC(C)(C)C2. The van der Waals surface area contributed by atoms with Crippen molar-refractivity contribution in [1.29, 1.82) is 0 Å². The Kier molecular flexibility index (Phi) is 6.98. The van der Waals surface area contributed by atoms with Crippen LogP contribution in [0.4, 0.5) is 0 Å². The van der Waals surface area contributed by atoms with Crippen LogP contribution in [-0.4, -0.2) is 28.1 Å². The van der Waals surface area contributed by atoms with Crippen LogP contribution in [0, 0.1) is 5.41 Å². The summed E-state index contributed by atoms with van der Waals surface area (Å²) in [5, 5.41) is 9.20. The first-order chi connectivity index (χ1) is 14.8. The van der Waals surface area contributed by atoms with Crippen molar-refractivity contribution in [2.75, 3.05) is 6.61 Å². The average molecular weight is 424 g/mol. The number of esters is 1. The number of aryl methyl sites for hydroxylation is 1. The Morgan fingerprint density at radius 1 is 1.23 bits per heavy atom. The second kappa shape index (κ2) is 9.50. The lowest BCUT2D eigenvalue weighted by atomic mass is 9.76. The predicted molar refractivity (Wildman–Crippen MR) is 123 cm³/mol. The van der Waals surface area contributed by atoms with Gasteiger partial charge in [0.15, 0.2) is 5.76 Å². The molecule has 0 amide bonds. The van der Waals surface area contributed by atoms with Crippen molar-refractivity contribution in [3.63, 3.8) is 0 Å². The van der Waals surface area contributed by atoms with E-state index < -0.39 is 0 Å². The predicted octanol–water partition coefficient (Wildman–Crippen LogP) is 5.30. The number of rotatable bonds is 7. The highest BCUT2D eigenvalue weighted by Crippen LogP contribution is 2.37. The van der Waals surface area contributed by atoms with Crippen LogP contribution in [0.3, 0.4) is 0 Å². The lowest BCUT2D eigenvalue weighted by Crippen LogP contribution is -2.23. The molecule has 1 heterocycles. The van der Waals surface area contributed by atoms with Gasteiger partial charge in [-0.3, -0.25) is 4.68 Å². The summed E-state index contributed by atoms with van der Waals surface area (Å²) in [7, 11) is 2.00. The third-order valence-electron chi connectivity index (χ3n) is 5.79. The number of allylic oxidation sites excluding steroid dienone is 1. The zero-order valence-electron chi connectivity index (χ0n) is 19.5. The lowest BCUT2D eigenvalue weighted by molar-refractivity contribution is 0.0526. The van der Waals surface area contributed by atoms with Crippen molar-refractivity contribution in [2.45, 2.75) is 60.3 Å². The first kappa shape index (κ1) is 22.8. The molecule has 1 aromatic heterocycles. The quantitative estimate of drug-likeness (QED) is 0.262. The summed E-state index contributed by atoms with van der Waals surface area (Å²) < 4.78 is 7.03. The fourth-order valence-corrected chi connectivity index (χ4v) is 3.96. The van der Waals surface area contributed by atoms with Gasteiger partial charge in [-0.2, -0.15) is 5.10 Å². The van der Waals surface area contributed by atoms with E-state index in [-0.39, 0.29) is 11.4 Å². The van der Waals surface area contributed by atoms with Crippen LogP contribution >= 0.6 is 0 Å². The zero-order valence-corrected chi connectivity index (χ0v) is 19.5. The third-order valence-corrected chi connectivity index (χ3v) is 5.79. The first-order valence-corrected chi connectivity index (χ1v) is 11.0. The zero-order chi connectivity index (χ0) is 22.6. The van der Waals surface area contributed by atoms with E-state index in [4.69, 9.17) is 14.7 Å². The molecule has 6 nitrogen and oxygen atoms in total. The molecule has 0 saturated heterocycles. The number of benzene rings is 1. The molecule has 0 atom stereocenters. The lowest BCUT2D eigenvalue weighted by Gasteiger charge is -2.29. The molecule has 0 spiro atoms. The van der Waals surface area contributed by atoms with E-state index in [2.05, 4.69) is 19.0 Å². The van der Waals surface area contributed by atoms with Crippen molar-refractivity contribution in [2.24, 2.45) is 17.6 Å². The summed E-state index contributed by atoms with van der Waals surface area (Å²) >= 11 is 0. The molecule has 0 saturated carbocycles. The maximum Gasteiger partial charge on any atom is 0.338 e. The van der Waals surface area contributed by atoms with Crippen LogP contribution in [0.5, 0.6) is 0 Å². The molecule has 0 unspecified atom stereocenters. The van der Waals surface area contributed by atoms with E-state index >= 15 is 0 Å². The molecule has 2 aromatic rings. The number of fused-ring (bicyclic) bond motifs is 1. The third kappa shape index (κ3) is 5.06. The number of carbonyl (C=O) groups excluding carboxylic acids is 1. The molecule has 0 aliphatic heterocycles. The molecule has 1 aliphatic carbocycles. The number of nitrogens with zero attached hydrogens (tertiary/aromatic N) is 3. The standard InChI is InChI=1S/C25H33N3O3/c1-7-20(17-10-12-18(13-11-17)24(29)30-9-3)27-31-22(8-2)23-19-14-15-25(4,5)16-21(19)28(6)26-23/h8,10-13H,7,9,14-16H2,1-6H3. The van der Waals surface area contributed by atoms with Crippen molar-refractivity contribution in [3.05, 3.63) is 58.4 Å². The van der Waals surface area contributed by atoms with Gasteiger partial charge in [0.05, 0.1) is 17.9 Å². The second-order valence-electron chi connectivity index (χ2n) is 8.67. The minimum atomic E-state index is -0.320. The summed E-state index contributed by atoms with van der Waals surface area (Å²) in [6.45, 7) is 10.7. The van der Waals surface area contributed by atoms with Gasteiger partial charge in [0.25, 0.3) is 0 Å². The molecule has 1 aromatic carbocycles.